The third-order valence-electron chi connectivity index (χ3n) is 2.05. The minimum Gasteiger partial charge on any atom is -0.447 e. The number of rotatable bonds is 0. The lowest BCUT2D eigenvalue weighted by atomic mass is 10.2. The molecule has 0 saturated heterocycles. The molecule has 0 saturated carbocycles. The molecule has 0 unspecified atom stereocenters. The average molecular weight is 201 g/mol. The number of hydrogen-bond acceptors (Lipinski definition) is 4. The Hall–Kier alpha value is -1.30. The summed E-state index contributed by atoms with van der Waals surface area (Å²) in [5, 5.41) is -0.257. The Bertz CT molecular complexity index is 497. The fourth-order valence-electron chi connectivity index (χ4n) is 1.27. The van der Waals surface area contributed by atoms with Crippen molar-refractivity contribution in [3.05, 3.63) is 16.9 Å². The highest BCUT2D eigenvalue weighted by Gasteiger charge is 2.39. The summed E-state index contributed by atoms with van der Waals surface area (Å²) in [6.45, 7) is 3.27. The van der Waals surface area contributed by atoms with Gasteiger partial charge in [0, 0.05) is 5.56 Å². The molecule has 0 bridgehead atoms. The molecule has 1 aliphatic rings. The Labute approximate surface area is 74.8 Å². The minimum atomic E-state index is -3.72. The maximum absolute atomic E-state index is 11.2. The zero-order chi connectivity index (χ0) is 9.80. The summed E-state index contributed by atoms with van der Waals surface area (Å²) in [5.74, 6) is -0.146. The van der Waals surface area contributed by atoms with Crippen LogP contribution in [-0.4, -0.2) is 14.3 Å². The van der Waals surface area contributed by atoms with E-state index >= 15 is 0 Å². The summed E-state index contributed by atoms with van der Waals surface area (Å²) >= 11 is 0. The van der Waals surface area contributed by atoms with Crippen molar-refractivity contribution in [2.75, 3.05) is 0 Å². The Morgan fingerprint density at radius 3 is 2.46 bits per heavy atom. The smallest absolute Gasteiger partial charge is 0.298 e. The monoisotopic (exact) mass is 201 g/mol. The van der Waals surface area contributed by atoms with E-state index in [1.807, 2.05) is 4.72 Å². The van der Waals surface area contributed by atoms with Crippen LogP contribution in [0.25, 0.3) is 0 Å². The van der Waals surface area contributed by atoms with Crippen molar-refractivity contribution in [2.24, 2.45) is 0 Å². The summed E-state index contributed by atoms with van der Waals surface area (Å²) in [5.41, 5.74) is 0.714. The summed E-state index contributed by atoms with van der Waals surface area (Å²) in [6, 6.07) is 0. The van der Waals surface area contributed by atoms with E-state index in [1.54, 1.807) is 13.8 Å². The van der Waals surface area contributed by atoms with Crippen molar-refractivity contribution < 1.29 is 17.6 Å². The van der Waals surface area contributed by atoms with Crippen LogP contribution in [0, 0.1) is 13.8 Å². The fourth-order valence-corrected chi connectivity index (χ4v) is 2.46. The topological polar surface area (TPSA) is 76.4 Å². The highest BCUT2D eigenvalue weighted by Crippen LogP contribution is 2.29. The van der Waals surface area contributed by atoms with Gasteiger partial charge in [0.2, 0.25) is 0 Å². The lowest BCUT2D eigenvalue weighted by molar-refractivity contribution is 0.0984. The van der Waals surface area contributed by atoms with Gasteiger partial charge in [0.25, 0.3) is 21.0 Å². The first kappa shape index (κ1) is 8.31. The molecule has 0 spiro atoms. The predicted molar refractivity (Wildman–Crippen MR) is 42.8 cm³/mol. The van der Waals surface area contributed by atoms with E-state index in [2.05, 4.69) is 0 Å². The number of carbonyl (C=O) groups excluding carboxylic acids is 1. The van der Waals surface area contributed by atoms with Gasteiger partial charge in [-0.3, -0.25) is 4.79 Å². The third kappa shape index (κ3) is 0.918. The van der Waals surface area contributed by atoms with Crippen molar-refractivity contribution in [2.45, 2.75) is 18.9 Å². The second kappa shape index (κ2) is 2.14. The van der Waals surface area contributed by atoms with Crippen molar-refractivity contribution in [3.63, 3.8) is 0 Å². The first-order valence-electron chi connectivity index (χ1n) is 3.60. The average Bonchev–Trinajstić information content (AvgIpc) is 2.38. The van der Waals surface area contributed by atoms with Gasteiger partial charge in [0.1, 0.15) is 11.3 Å². The van der Waals surface area contributed by atoms with Gasteiger partial charge in [-0.15, -0.1) is 0 Å². The molecule has 0 atom stereocenters. The molecule has 13 heavy (non-hydrogen) atoms. The standard InChI is InChI=1S/C7H7NO4S/c1-3-4(2)12-7-5(3)6(9)8-13(7,10)11/h1-2H3,(H,8,9). The molecule has 0 fully saturated rings. The number of amides is 1. The molecule has 2 rings (SSSR count). The first-order chi connectivity index (χ1) is 5.93. The van der Waals surface area contributed by atoms with Gasteiger partial charge in [-0.1, -0.05) is 0 Å². The van der Waals surface area contributed by atoms with Gasteiger partial charge in [-0.05, 0) is 13.8 Å². The van der Waals surface area contributed by atoms with Crippen LogP contribution in [0.15, 0.2) is 9.51 Å². The van der Waals surface area contributed by atoms with Crippen LogP contribution in [0.4, 0.5) is 0 Å². The van der Waals surface area contributed by atoms with Crippen molar-refractivity contribution in [3.8, 4) is 0 Å². The Morgan fingerprint density at radius 1 is 1.31 bits per heavy atom. The Morgan fingerprint density at radius 2 is 1.92 bits per heavy atom. The first-order valence-corrected chi connectivity index (χ1v) is 5.09. The quantitative estimate of drug-likeness (QED) is 0.656. The lowest BCUT2D eigenvalue weighted by Crippen LogP contribution is -2.21. The highest BCUT2D eigenvalue weighted by atomic mass is 32.2. The predicted octanol–water partition coefficient (Wildman–Crippen LogP) is 0.329. The molecule has 6 heteroatoms. The van der Waals surface area contributed by atoms with Crippen LogP contribution >= 0.6 is 0 Å². The molecule has 0 aliphatic carbocycles. The van der Waals surface area contributed by atoms with E-state index in [9.17, 15) is 13.2 Å². The van der Waals surface area contributed by atoms with Gasteiger partial charge in [0.05, 0.1) is 0 Å². The van der Waals surface area contributed by atoms with E-state index < -0.39 is 15.9 Å². The molecule has 2 heterocycles. The van der Waals surface area contributed by atoms with Crippen LogP contribution in [0.1, 0.15) is 21.7 Å². The molecule has 5 nitrogen and oxygen atoms in total. The molecule has 1 aromatic rings. The molecule has 0 radical (unpaired) electrons. The van der Waals surface area contributed by atoms with Gasteiger partial charge < -0.3 is 4.42 Å². The molecule has 1 amide bonds. The van der Waals surface area contributed by atoms with Gasteiger partial charge in [-0.2, -0.15) is 8.42 Å². The van der Waals surface area contributed by atoms with E-state index in [0.29, 0.717) is 11.3 Å². The van der Waals surface area contributed by atoms with E-state index in [4.69, 9.17) is 4.42 Å². The normalized spacial score (nSPS) is 18.5. The molecule has 1 aromatic heterocycles. The SMILES string of the molecule is Cc1oc2c(c1C)C(=O)NS2(=O)=O. The molecule has 1 N–H and O–H groups in total. The number of hydrogen-bond donors (Lipinski definition) is 1. The summed E-state index contributed by atoms with van der Waals surface area (Å²) < 4.78 is 29.2. The van der Waals surface area contributed by atoms with Crippen LogP contribution in [0.5, 0.6) is 0 Å². The van der Waals surface area contributed by atoms with Gasteiger partial charge in [-0.25, -0.2) is 4.72 Å². The highest BCUT2D eigenvalue weighted by molar-refractivity contribution is 7.90. The summed E-state index contributed by atoms with van der Waals surface area (Å²) in [7, 11) is -3.72. The fraction of sp³-hybridized carbons (Fsp3) is 0.286. The number of fused-ring (bicyclic) bond motifs is 1. The van der Waals surface area contributed by atoms with E-state index in [1.165, 1.54) is 0 Å². The number of aryl methyl sites for hydroxylation is 1. The molecule has 70 valence electrons. The van der Waals surface area contributed by atoms with Gasteiger partial charge >= 0.3 is 0 Å². The van der Waals surface area contributed by atoms with Crippen LogP contribution in [-0.2, 0) is 10.0 Å². The van der Waals surface area contributed by atoms with Crippen LogP contribution in [0.3, 0.4) is 0 Å². The maximum atomic E-state index is 11.2. The molecule has 0 aromatic carbocycles. The Balaban J connectivity index is 2.87. The maximum Gasteiger partial charge on any atom is 0.298 e. The molecular weight excluding hydrogens is 194 g/mol. The van der Waals surface area contributed by atoms with Crippen molar-refractivity contribution in [1.82, 2.24) is 4.72 Å². The van der Waals surface area contributed by atoms with Crippen molar-refractivity contribution >= 4 is 15.9 Å². The largest absolute Gasteiger partial charge is 0.447 e. The molecule has 1 aliphatic heterocycles. The second-order valence-electron chi connectivity index (χ2n) is 2.88. The number of sulfonamides is 1. The van der Waals surface area contributed by atoms with Crippen molar-refractivity contribution in [1.29, 1.82) is 0 Å². The number of carbonyl (C=O) groups is 1. The lowest BCUT2D eigenvalue weighted by Gasteiger charge is -1.93. The van der Waals surface area contributed by atoms with Crippen LogP contribution < -0.4 is 4.72 Å². The minimum absolute atomic E-state index is 0.137. The summed E-state index contributed by atoms with van der Waals surface area (Å²) in [4.78, 5) is 11.2. The zero-order valence-electron chi connectivity index (χ0n) is 7.04. The number of nitrogens with one attached hydrogen (secondary N) is 1. The Kier molecular flexibility index (Phi) is 1.37. The summed E-state index contributed by atoms with van der Waals surface area (Å²) in [6.07, 6.45) is 0. The van der Waals surface area contributed by atoms with Gasteiger partial charge in [0.15, 0.2) is 0 Å². The van der Waals surface area contributed by atoms with E-state index in [0.717, 1.165) is 0 Å². The second-order valence-corrected chi connectivity index (χ2v) is 4.46. The zero-order valence-corrected chi connectivity index (χ0v) is 7.86. The van der Waals surface area contributed by atoms with E-state index in [-0.39, 0.29) is 10.7 Å². The van der Waals surface area contributed by atoms with Crippen LogP contribution in [0.2, 0.25) is 0 Å². The third-order valence-corrected chi connectivity index (χ3v) is 3.28. The number of furan rings is 1. The molecular formula is C7H7NO4S.